The zero-order valence-electron chi connectivity index (χ0n) is 14.1. The third kappa shape index (κ3) is 2.99. The summed E-state index contributed by atoms with van der Waals surface area (Å²) in [4.78, 5) is 0.666. The van der Waals surface area contributed by atoms with Gasteiger partial charge in [0, 0.05) is 12.0 Å². The highest BCUT2D eigenvalue weighted by Gasteiger charge is 2.15. The molecule has 0 spiro atoms. The highest BCUT2D eigenvalue weighted by molar-refractivity contribution is 7.16. The van der Waals surface area contributed by atoms with Crippen molar-refractivity contribution in [2.24, 2.45) is 0 Å². The van der Waals surface area contributed by atoms with Crippen LogP contribution >= 0.6 is 11.3 Å². The number of benzene rings is 2. The van der Waals surface area contributed by atoms with Gasteiger partial charge in [0.25, 0.3) is 0 Å². The average molecular weight is 370 g/mol. The molecular formula is C18H15FN4O2S. The van der Waals surface area contributed by atoms with E-state index in [9.17, 15) is 4.39 Å². The molecule has 2 aromatic carbocycles. The van der Waals surface area contributed by atoms with Gasteiger partial charge in [0.2, 0.25) is 4.96 Å². The molecule has 0 aliphatic heterocycles. The Balaban J connectivity index is 1.67. The summed E-state index contributed by atoms with van der Waals surface area (Å²) in [6, 6.07) is 12.0. The van der Waals surface area contributed by atoms with Crippen LogP contribution in [0.3, 0.4) is 0 Å². The second-order valence-corrected chi connectivity index (χ2v) is 6.63. The van der Waals surface area contributed by atoms with E-state index >= 15 is 0 Å². The van der Waals surface area contributed by atoms with Gasteiger partial charge in [0.1, 0.15) is 10.8 Å². The van der Waals surface area contributed by atoms with Crippen molar-refractivity contribution in [3.05, 3.63) is 58.9 Å². The molecule has 2 heterocycles. The van der Waals surface area contributed by atoms with Gasteiger partial charge in [-0.3, -0.25) is 0 Å². The maximum absolute atomic E-state index is 13.5. The first-order valence-corrected chi connectivity index (χ1v) is 8.67. The minimum absolute atomic E-state index is 0.319. The molecule has 0 aliphatic rings. The maximum Gasteiger partial charge on any atom is 0.234 e. The molecule has 4 rings (SSSR count). The average Bonchev–Trinajstić information content (AvgIpc) is 3.21. The molecule has 0 saturated carbocycles. The molecule has 2 aromatic heterocycles. The second kappa shape index (κ2) is 6.72. The van der Waals surface area contributed by atoms with Gasteiger partial charge in [0.05, 0.1) is 14.2 Å². The fourth-order valence-electron chi connectivity index (χ4n) is 2.70. The van der Waals surface area contributed by atoms with Crippen molar-refractivity contribution in [1.82, 2.24) is 19.8 Å². The topological polar surface area (TPSA) is 61.5 Å². The largest absolute Gasteiger partial charge is 0.493 e. The predicted molar refractivity (Wildman–Crippen MR) is 96.4 cm³/mol. The van der Waals surface area contributed by atoms with E-state index in [1.54, 1.807) is 30.9 Å². The summed E-state index contributed by atoms with van der Waals surface area (Å²) in [5.74, 6) is 1.56. The highest BCUT2D eigenvalue weighted by atomic mass is 32.1. The van der Waals surface area contributed by atoms with Crippen molar-refractivity contribution in [3.8, 4) is 22.9 Å². The van der Waals surface area contributed by atoms with Gasteiger partial charge in [-0.15, -0.1) is 10.2 Å². The number of methoxy groups -OCH3 is 2. The zero-order chi connectivity index (χ0) is 18.1. The first-order valence-electron chi connectivity index (χ1n) is 7.86. The van der Waals surface area contributed by atoms with E-state index < -0.39 is 0 Å². The molecule has 4 aromatic rings. The summed E-state index contributed by atoms with van der Waals surface area (Å²) in [5, 5.41) is 13.7. The van der Waals surface area contributed by atoms with E-state index in [1.165, 1.54) is 23.5 Å². The van der Waals surface area contributed by atoms with Crippen molar-refractivity contribution < 1.29 is 13.9 Å². The van der Waals surface area contributed by atoms with Crippen LogP contribution in [0, 0.1) is 5.82 Å². The number of ether oxygens (including phenoxy) is 2. The molecule has 0 unspecified atom stereocenters. The Morgan fingerprint density at radius 3 is 2.65 bits per heavy atom. The zero-order valence-corrected chi connectivity index (χ0v) is 15.0. The number of nitrogens with zero attached hydrogens (tertiary/aromatic N) is 4. The van der Waals surface area contributed by atoms with Crippen molar-refractivity contribution in [2.75, 3.05) is 14.2 Å². The van der Waals surface area contributed by atoms with E-state index in [1.807, 2.05) is 18.2 Å². The molecule has 0 amide bonds. The van der Waals surface area contributed by atoms with Crippen molar-refractivity contribution in [3.63, 3.8) is 0 Å². The van der Waals surface area contributed by atoms with Crippen molar-refractivity contribution >= 4 is 16.3 Å². The van der Waals surface area contributed by atoms with Crippen molar-refractivity contribution in [2.45, 2.75) is 6.42 Å². The third-order valence-corrected chi connectivity index (χ3v) is 4.82. The molecule has 132 valence electrons. The van der Waals surface area contributed by atoms with Gasteiger partial charge in [-0.05, 0) is 29.8 Å². The lowest BCUT2D eigenvalue weighted by molar-refractivity contribution is 0.354. The smallest absolute Gasteiger partial charge is 0.234 e. The number of aromatic nitrogens is 4. The van der Waals surface area contributed by atoms with E-state index in [2.05, 4.69) is 15.3 Å². The molecule has 26 heavy (non-hydrogen) atoms. The molecule has 0 N–H and O–H groups in total. The van der Waals surface area contributed by atoms with Gasteiger partial charge >= 0.3 is 0 Å². The second-order valence-electron chi connectivity index (χ2n) is 5.59. The van der Waals surface area contributed by atoms with Crippen LogP contribution in [0.4, 0.5) is 4.39 Å². The minimum atomic E-state index is -0.319. The van der Waals surface area contributed by atoms with Crippen LogP contribution in [0.5, 0.6) is 11.5 Å². The van der Waals surface area contributed by atoms with Crippen LogP contribution in [0.2, 0.25) is 0 Å². The Morgan fingerprint density at radius 1 is 1.04 bits per heavy atom. The Bertz CT molecular complexity index is 1080. The van der Waals surface area contributed by atoms with Gasteiger partial charge < -0.3 is 9.47 Å². The van der Waals surface area contributed by atoms with Crippen LogP contribution in [0.25, 0.3) is 16.3 Å². The lowest BCUT2D eigenvalue weighted by Gasteiger charge is -2.08. The van der Waals surface area contributed by atoms with E-state index in [0.717, 1.165) is 10.6 Å². The van der Waals surface area contributed by atoms with Crippen LogP contribution < -0.4 is 9.47 Å². The monoisotopic (exact) mass is 370 g/mol. The number of hydrogen-bond acceptors (Lipinski definition) is 6. The number of fused-ring (bicyclic) bond motifs is 1. The fraction of sp³-hybridized carbons (Fsp3) is 0.167. The van der Waals surface area contributed by atoms with E-state index in [4.69, 9.17) is 9.47 Å². The van der Waals surface area contributed by atoms with Gasteiger partial charge in [0.15, 0.2) is 17.3 Å². The first kappa shape index (κ1) is 16.5. The van der Waals surface area contributed by atoms with Crippen molar-refractivity contribution in [1.29, 1.82) is 0 Å². The predicted octanol–water partition coefficient (Wildman–Crippen LogP) is 3.60. The molecule has 0 atom stereocenters. The molecule has 0 radical (unpaired) electrons. The summed E-state index contributed by atoms with van der Waals surface area (Å²) in [5.41, 5.74) is 1.68. The Labute approximate surface area is 152 Å². The Morgan fingerprint density at radius 2 is 1.88 bits per heavy atom. The first-order chi connectivity index (χ1) is 12.7. The summed E-state index contributed by atoms with van der Waals surface area (Å²) in [6.45, 7) is 0. The lowest BCUT2D eigenvalue weighted by Crippen LogP contribution is -1.95. The number of hydrogen-bond donors (Lipinski definition) is 0. The standard InChI is InChI=1S/C18H15FN4O2S/c1-24-14-7-6-11(8-15(14)25-2)9-16-22-23-17(20-21-18(23)26-16)12-4-3-5-13(19)10-12/h3-8,10H,9H2,1-2H3. The van der Waals surface area contributed by atoms with Gasteiger partial charge in [-0.1, -0.05) is 29.5 Å². The molecule has 0 bridgehead atoms. The Kier molecular flexibility index (Phi) is 4.26. The molecule has 8 heteroatoms. The molecule has 0 saturated heterocycles. The quantitative estimate of drug-likeness (QED) is 0.537. The molecule has 6 nitrogen and oxygen atoms in total. The summed E-state index contributed by atoms with van der Waals surface area (Å²) < 4.78 is 25.7. The van der Waals surface area contributed by atoms with E-state index in [0.29, 0.717) is 34.3 Å². The van der Waals surface area contributed by atoms with Crippen LogP contribution in [0.1, 0.15) is 10.6 Å². The van der Waals surface area contributed by atoms with Crippen LogP contribution in [0.15, 0.2) is 42.5 Å². The third-order valence-electron chi connectivity index (χ3n) is 3.92. The molecular weight excluding hydrogens is 355 g/mol. The maximum atomic E-state index is 13.5. The number of halogens is 1. The highest BCUT2D eigenvalue weighted by Crippen LogP contribution is 2.29. The summed E-state index contributed by atoms with van der Waals surface area (Å²) >= 11 is 1.45. The van der Waals surface area contributed by atoms with E-state index in [-0.39, 0.29) is 5.82 Å². The molecule has 0 aliphatic carbocycles. The van der Waals surface area contributed by atoms with Crippen LogP contribution in [-0.4, -0.2) is 34.0 Å². The fourth-order valence-corrected chi connectivity index (χ4v) is 3.57. The SMILES string of the molecule is COc1ccc(Cc2nn3c(-c4cccc(F)c4)nnc3s2)cc1OC. The minimum Gasteiger partial charge on any atom is -0.493 e. The number of rotatable bonds is 5. The molecule has 0 fully saturated rings. The normalized spacial score (nSPS) is 11.0. The van der Waals surface area contributed by atoms with Crippen LogP contribution in [-0.2, 0) is 6.42 Å². The summed E-state index contributed by atoms with van der Waals surface area (Å²) in [7, 11) is 3.21. The lowest BCUT2D eigenvalue weighted by atomic mass is 10.1. The van der Waals surface area contributed by atoms with Gasteiger partial charge in [-0.2, -0.15) is 9.61 Å². The van der Waals surface area contributed by atoms with Gasteiger partial charge in [-0.25, -0.2) is 4.39 Å². The summed E-state index contributed by atoms with van der Waals surface area (Å²) in [6.07, 6.45) is 0.622. The Hall–Kier alpha value is -3.00.